The van der Waals surface area contributed by atoms with Crippen LogP contribution in [0.2, 0.25) is 0 Å². The Morgan fingerprint density at radius 2 is 1.84 bits per heavy atom. The number of likely N-dealkylation sites (N-methyl/N-ethyl adjacent to an activating group) is 1. The molecule has 1 saturated heterocycles. The van der Waals surface area contributed by atoms with Gasteiger partial charge in [-0.1, -0.05) is 0 Å². The minimum Gasteiger partial charge on any atom is -0.497 e. The highest BCUT2D eigenvalue weighted by molar-refractivity contribution is 14.0. The third-order valence-electron chi connectivity index (χ3n) is 6.04. The Morgan fingerprint density at radius 1 is 1.16 bits per heavy atom. The third-order valence-corrected chi connectivity index (χ3v) is 6.04. The molecule has 2 unspecified atom stereocenters. The molecular weight excluding hydrogens is 505 g/mol. The van der Waals surface area contributed by atoms with Crippen molar-refractivity contribution in [2.24, 2.45) is 10.9 Å². The summed E-state index contributed by atoms with van der Waals surface area (Å²) in [6.07, 6.45) is 3.80. The predicted octanol–water partition coefficient (Wildman–Crippen LogP) is 2.79. The van der Waals surface area contributed by atoms with Crippen LogP contribution in [0, 0.1) is 5.92 Å². The number of rotatable bonds is 10. The highest BCUT2D eigenvalue weighted by atomic mass is 127. The van der Waals surface area contributed by atoms with Gasteiger partial charge in [0.15, 0.2) is 5.96 Å². The Morgan fingerprint density at radius 3 is 2.39 bits per heavy atom. The van der Waals surface area contributed by atoms with Gasteiger partial charge in [0, 0.05) is 44.3 Å². The van der Waals surface area contributed by atoms with Crippen molar-refractivity contribution in [2.75, 3.05) is 54.5 Å². The molecule has 176 valence electrons. The minimum absolute atomic E-state index is 0. The van der Waals surface area contributed by atoms with Gasteiger partial charge < -0.3 is 25.0 Å². The van der Waals surface area contributed by atoms with E-state index in [1.54, 1.807) is 14.2 Å². The summed E-state index contributed by atoms with van der Waals surface area (Å²) in [5.74, 6) is 3.44. The summed E-state index contributed by atoms with van der Waals surface area (Å²) < 4.78 is 10.8. The van der Waals surface area contributed by atoms with Crippen LogP contribution in [0.3, 0.4) is 0 Å². The van der Waals surface area contributed by atoms with Gasteiger partial charge in [0.25, 0.3) is 0 Å². The van der Waals surface area contributed by atoms with Crippen LogP contribution in [0.25, 0.3) is 0 Å². The number of aliphatic imine (C=N–C) groups is 1. The van der Waals surface area contributed by atoms with Gasteiger partial charge in [-0.25, -0.2) is 0 Å². The molecule has 1 saturated carbocycles. The molecule has 1 aromatic carbocycles. The lowest BCUT2D eigenvalue weighted by Crippen LogP contribution is -2.45. The molecule has 2 aliphatic rings. The number of likely N-dealkylation sites (tertiary alicyclic amines) is 1. The summed E-state index contributed by atoms with van der Waals surface area (Å²) in [6.45, 7) is 6.82. The van der Waals surface area contributed by atoms with Crippen LogP contribution in [0.1, 0.15) is 31.7 Å². The van der Waals surface area contributed by atoms with Crippen molar-refractivity contribution >= 4 is 29.9 Å². The fourth-order valence-electron chi connectivity index (χ4n) is 4.22. The highest BCUT2D eigenvalue weighted by Crippen LogP contribution is 2.34. The first kappa shape index (κ1) is 26.0. The summed E-state index contributed by atoms with van der Waals surface area (Å²) in [5.41, 5.74) is 1.21. The molecule has 7 nitrogen and oxygen atoms in total. The fraction of sp³-hybridized carbons (Fsp3) is 0.696. The fourth-order valence-corrected chi connectivity index (χ4v) is 4.22. The van der Waals surface area contributed by atoms with Gasteiger partial charge in [-0.15, -0.1) is 24.0 Å². The Bertz CT molecular complexity index is 687. The van der Waals surface area contributed by atoms with Crippen LogP contribution >= 0.6 is 24.0 Å². The molecule has 0 spiro atoms. The van der Waals surface area contributed by atoms with Crippen molar-refractivity contribution in [1.29, 1.82) is 0 Å². The molecule has 1 aliphatic carbocycles. The van der Waals surface area contributed by atoms with Gasteiger partial charge in [-0.05, 0) is 63.9 Å². The zero-order chi connectivity index (χ0) is 21.5. The van der Waals surface area contributed by atoms with Crippen molar-refractivity contribution < 1.29 is 9.47 Å². The normalized spacial score (nSPS) is 20.3. The second-order valence-electron chi connectivity index (χ2n) is 8.67. The smallest absolute Gasteiger partial charge is 0.191 e. The van der Waals surface area contributed by atoms with E-state index >= 15 is 0 Å². The second-order valence-corrected chi connectivity index (χ2v) is 8.67. The van der Waals surface area contributed by atoms with Gasteiger partial charge in [0.05, 0.1) is 20.8 Å². The average Bonchev–Trinajstić information content (AvgIpc) is 3.47. The lowest BCUT2D eigenvalue weighted by molar-refractivity contribution is 0.271. The van der Waals surface area contributed by atoms with Crippen molar-refractivity contribution in [2.45, 2.75) is 44.8 Å². The first-order chi connectivity index (χ1) is 14.5. The Hall–Kier alpha value is -1.26. The van der Waals surface area contributed by atoms with E-state index in [9.17, 15) is 0 Å². The molecule has 1 aromatic rings. The highest BCUT2D eigenvalue weighted by Gasteiger charge is 2.32. The molecule has 2 atom stereocenters. The monoisotopic (exact) mass is 545 g/mol. The van der Waals surface area contributed by atoms with Crippen LogP contribution in [-0.2, 0) is 6.54 Å². The number of hydrogen-bond donors (Lipinski definition) is 2. The van der Waals surface area contributed by atoms with Crippen molar-refractivity contribution in [3.05, 3.63) is 23.8 Å². The number of benzene rings is 1. The molecule has 0 aromatic heterocycles. The maximum absolute atomic E-state index is 5.41. The summed E-state index contributed by atoms with van der Waals surface area (Å²) >= 11 is 0. The van der Waals surface area contributed by atoms with Gasteiger partial charge in [-0.2, -0.15) is 0 Å². The molecule has 3 rings (SSSR count). The first-order valence-corrected chi connectivity index (χ1v) is 11.2. The van der Waals surface area contributed by atoms with E-state index in [4.69, 9.17) is 14.5 Å². The molecule has 2 fully saturated rings. The number of hydrogen-bond acceptors (Lipinski definition) is 5. The standard InChI is InChI=1S/C23H39N5O2.HI/c1-6-24-23(25-14-22(27(2)3)18-7-8-18)26-19-9-10-28(16-19)15-17-11-20(29-4)13-21(12-17)30-5;/h11-13,18-19,22H,6-10,14-16H2,1-5H3,(H2,24,25,26);1H. The van der Waals surface area contributed by atoms with E-state index in [1.165, 1.54) is 18.4 Å². The van der Waals surface area contributed by atoms with E-state index in [-0.39, 0.29) is 24.0 Å². The lowest BCUT2D eigenvalue weighted by Gasteiger charge is -2.24. The maximum Gasteiger partial charge on any atom is 0.191 e. The lowest BCUT2D eigenvalue weighted by atomic mass is 10.2. The largest absolute Gasteiger partial charge is 0.497 e. The number of guanidine groups is 1. The van der Waals surface area contributed by atoms with Crippen molar-refractivity contribution in [3.8, 4) is 11.5 Å². The van der Waals surface area contributed by atoms with E-state index in [0.29, 0.717) is 12.1 Å². The van der Waals surface area contributed by atoms with Crippen molar-refractivity contribution in [3.63, 3.8) is 0 Å². The van der Waals surface area contributed by atoms with Gasteiger partial charge in [-0.3, -0.25) is 9.89 Å². The Balaban J connectivity index is 0.00000341. The topological polar surface area (TPSA) is 61.4 Å². The number of nitrogens with one attached hydrogen (secondary N) is 2. The average molecular weight is 546 g/mol. The molecule has 0 bridgehead atoms. The summed E-state index contributed by atoms with van der Waals surface area (Å²) in [4.78, 5) is 9.71. The van der Waals surface area contributed by atoms with E-state index in [2.05, 4.69) is 53.6 Å². The zero-order valence-corrected chi connectivity index (χ0v) is 22.0. The Labute approximate surface area is 205 Å². The summed E-state index contributed by atoms with van der Waals surface area (Å²) in [6, 6.07) is 7.06. The van der Waals surface area contributed by atoms with Crippen LogP contribution in [-0.4, -0.2) is 82.3 Å². The van der Waals surface area contributed by atoms with Crippen LogP contribution in [0.15, 0.2) is 23.2 Å². The zero-order valence-electron chi connectivity index (χ0n) is 19.7. The molecule has 0 amide bonds. The SMILES string of the molecule is CCNC(=NCC(C1CC1)N(C)C)NC1CCN(Cc2cc(OC)cc(OC)c2)C1.I. The molecular formula is C23H40IN5O2. The molecule has 0 radical (unpaired) electrons. The molecule has 1 aliphatic heterocycles. The number of ether oxygens (including phenoxy) is 2. The second kappa shape index (κ2) is 12.7. The van der Waals surface area contributed by atoms with Crippen LogP contribution in [0.4, 0.5) is 0 Å². The van der Waals surface area contributed by atoms with E-state index in [1.807, 2.05) is 6.07 Å². The predicted molar refractivity (Wildman–Crippen MR) is 138 cm³/mol. The molecule has 8 heteroatoms. The number of methoxy groups -OCH3 is 2. The first-order valence-electron chi connectivity index (χ1n) is 11.2. The van der Waals surface area contributed by atoms with E-state index in [0.717, 1.165) is 62.5 Å². The molecule has 2 N–H and O–H groups in total. The number of nitrogens with zero attached hydrogens (tertiary/aromatic N) is 3. The number of halogens is 1. The van der Waals surface area contributed by atoms with Crippen LogP contribution in [0.5, 0.6) is 11.5 Å². The van der Waals surface area contributed by atoms with E-state index < -0.39 is 0 Å². The quantitative estimate of drug-likeness (QED) is 0.268. The maximum atomic E-state index is 5.41. The molecule has 1 heterocycles. The third kappa shape index (κ3) is 7.98. The van der Waals surface area contributed by atoms with Crippen LogP contribution < -0.4 is 20.1 Å². The Kier molecular flexibility index (Phi) is 10.6. The van der Waals surface area contributed by atoms with Gasteiger partial charge in [0.2, 0.25) is 0 Å². The van der Waals surface area contributed by atoms with Crippen molar-refractivity contribution in [1.82, 2.24) is 20.4 Å². The summed E-state index contributed by atoms with van der Waals surface area (Å²) in [7, 11) is 7.72. The molecule has 31 heavy (non-hydrogen) atoms. The van der Waals surface area contributed by atoms with Gasteiger partial charge in [0.1, 0.15) is 11.5 Å². The van der Waals surface area contributed by atoms with Gasteiger partial charge >= 0.3 is 0 Å². The minimum atomic E-state index is 0. The summed E-state index contributed by atoms with van der Waals surface area (Å²) in [5, 5.41) is 7.09.